The lowest BCUT2D eigenvalue weighted by Crippen LogP contribution is -2.49. The number of hydrogen-bond donors (Lipinski definition) is 0. The Balaban J connectivity index is 1.50. The highest BCUT2D eigenvalue weighted by Crippen LogP contribution is 2.32. The fraction of sp³-hybridized carbons (Fsp3) is 0.429. The Labute approximate surface area is 174 Å². The fourth-order valence-corrected chi connectivity index (χ4v) is 4.08. The molecule has 2 aliphatic rings. The molecular formula is C21H23ClN6O. The number of hydrogen-bond acceptors (Lipinski definition) is 5. The summed E-state index contributed by atoms with van der Waals surface area (Å²) in [5, 5.41) is 6.10. The first-order valence-electron chi connectivity index (χ1n) is 10.2. The minimum Gasteiger partial charge on any atom is -0.352 e. The third-order valence-corrected chi connectivity index (χ3v) is 5.99. The summed E-state index contributed by atoms with van der Waals surface area (Å²) in [4.78, 5) is 26.2. The van der Waals surface area contributed by atoms with Crippen molar-refractivity contribution in [3.63, 3.8) is 0 Å². The third-order valence-electron chi connectivity index (χ3n) is 5.67. The molecule has 8 heteroatoms. The molecule has 29 heavy (non-hydrogen) atoms. The molecule has 0 N–H and O–H groups in total. The van der Waals surface area contributed by atoms with E-state index in [2.05, 4.69) is 10.00 Å². The quantitative estimate of drug-likeness (QED) is 0.661. The van der Waals surface area contributed by atoms with Crippen molar-refractivity contribution in [1.82, 2.24) is 24.6 Å². The maximum atomic E-state index is 12.4. The van der Waals surface area contributed by atoms with E-state index < -0.39 is 0 Å². The van der Waals surface area contributed by atoms with Crippen molar-refractivity contribution in [2.45, 2.75) is 26.2 Å². The number of nitrogens with zero attached hydrogens (tertiary/aromatic N) is 6. The van der Waals surface area contributed by atoms with E-state index in [4.69, 9.17) is 21.6 Å². The van der Waals surface area contributed by atoms with Crippen LogP contribution in [0.1, 0.15) is 25.6 Å². The van der Waals surface area contributed by atoms with Gasteiger partial charge in [-0.15, -0.1) is 0 Å². The number of piperazine rings is 1. The summed E-state index contributed by atoms with van der Waals surface area (Å²) in [5.41, 5.74) is 1.56. The van der Waals surface area contributed by atoms with E-state index in [1.165, 1.54) is 0 Å². The summed E-state index contributed by atoms with van der Waals surface area (Å²) in [7, 11) is 0. The average Bonchev–Trinajstić information content (AvgIpc) is 3.53. The summed E-state index contributed by atoms with van der Waals surface area (Å²) in [6.45, 7) is 5.06. The smallest absolute Gasteiger partial charge is 0.225 e. The number of carbonyl (C=O) groups excluding carboxylic acids is 1. The van der Waals surface area contributed by atoms with Crippen LogP contribution < -0.4 is 4.90 Å². The van der Waals surface area contributed by atoms with E-state index >= 15 is 0 Å². The molecule has 1 aliphatic heterocycles. The molecule has 1 saturated carbocycles. The average molecular weight is 411 g/mol. The van der Waals surface area contributed by atoms with E-state index in [0.29, 0.717) is 10.9 Å². The van der Waals surface area contributed by atoms with Crippen LogP contribution in [0.4, 0.5) is 5.82 Å². The maximum Gasteiger partial charge on any atom is 0.225 e. The lowest BCUT2D eigenvalue weighted by atomic mass is 10.2. The fourth-order valence-electron chi connectivity index (χ4n) is 3.86. The molecule has 5 rings (SSSR count). The first-order chi connectivity index (χ1) is 14.2. The molecule has 1 saturated heterocycles. The standard InChI is InChI=1S/C21H23ClN6O/c1-2-18-24-19(26-9-11-27(12-10-26)21(29)14-7-8-14)15-13-23-28(20(15)25-18)17-6-4-3-5-16(17)22/h3-6,13-14H,2,7-12H2,1H3. The maximum absolute atomic E-state index is 12.4. The molecule has 1 amide bonds. The Bertz CT molecular complexity index is 1070. The summed E-state index contributed by atoms with van der Waals surface area (Å²) < 4.78 is 1.79. The highest BCUT2D eigenvalue weighted by molar-refractivity contribution is 6.32. The predicted octanol–water partition coefficient (Wildman–Crippen LogP) is 3.09. The highest BCUT2D eigenvalue weighted by atomic mass is 35.5. The molecule has 0 spiro atoms. The molecule has 2 aromatic heterocycles. The van der Waals surface area contributed by atoms with Gasteiger partial charge in [-0.05, 0) is 25.0 Å². The molecule has 1 aliphatic carbocycles. The van der Waals surface area contributed by atoms with Crippen LogP contribution in [-0.4, -0.2) is 56.7 Å². The summed E-state index contributed by atoms with van der Waals surface area (Å²) in [6, 6.07) is 7.62. The second-order valence-corrected chi connectivity index (χ2v) is 8.06. The van der Waals surface area contributed by atoms with Gasteiger partial charge in [-0.2, -0.15) is 5.10 Å². The van der Waals surface area contributed by atoms with Crippen LogP contribution in [0.3, 0.4) is 0 Å². The van der Waals surface area contributed by atoms with Crippen molar-refractivity contribution >= 4 is 34.4 Å². The summed E-state index contributed by atoms with van der Waals surface area (Å²) in [5.74, 6) is 2.26. The Morgan fingerprint density at radius 1 is 1.14 bits per heavy atom. The van der Waals surface area contributed by atoms with E-state index in [1.807, 2.05) is 42.3 Å². The lowest BCUT2D eigenvalue weighted by molar-refractivity contribution is -0.132. The zero-order valence-corrected chi connectivity index (χ0v) is 17.1. The van der Waals surface area contributed by atoms with Gasteiger partial charge in [0, 0.05) is 38.5 Å². The van der Waals surface area contributed by atoms with E-state index in [1.54, 1.807) is 4.68 Å². The van der Waals surface area contributed by atoms with Crippen molar-refractivity contribution in [2.75, 3.05) is 31.1 Å². The van der Waals surface area contributed by atoms with Crippen LogP contribution in [0, 0.1) is 5.92 Å². The molecule has 0 unspecified atom stereocenters. The van der Waals surface area contributed by atoms with Gasteiger partial charge in [0.1, 0.15) is 11.6 Å². The highest BCUT2D eigenvalue weighted by Gasteiger charge is 2.35. The van der Waals surface area contributed by atoms with Gasteiger partial charge in [0.05, 0.1) is 22.3 Å². The molecule has 3 aromatic rings. The predicted molar refractivity (Wildman–Crippen MR) is 113 cm³/mol. The van der Waals surface area contributed by atoms with E-state index in [9.17, 15) is 4.79 Å². The largest absolute Gasteiger partial charge is 0.352 e. The topological polar surface area (TPSA) is 67.2 Å². The molecule has 2 fully saturated rings. The number of halogens is 1. The molecule has 0 bridgehead atoms. The van der Waals surface area contributed by atoms with Crippen molar-refractivity contribution in [2.24, 2.45) is 5.92 Å². The first kappa shape index (κ1) is 18.4. The first-order valence-corrected chi connectivity index (χ1v) is 10.6. The van der Waals surface area contributed by atoms with E-state index in [-0.39, 0.29) is 5.92 Å². The third kappa shape index (κ3) is 3.33. The summed E-state index contributed by atoms with van der Waals surface area (Å²) >= 11 is 6.40. The zero-order valence-electron chi connectivity index (χ0n) is 16.4. The van der Waals surface area contributed by atoms with Crippen LogP contribution in [0.15, 0.2) is 30.5 Å². The molecule has 1 aromatic carbocycles. The molecule has 150 valence electrons. The van der Waals surface area contributed by atoms with Crippen LogP contribution >= 0.6 is 11.6 Å². The number of aromatic nitrogens is 4. The minimum atomic E-state index is 0.271. The van der Waals surface area contributed by atoms with Crippen molar-refractivity contribution < 1.29 is 4.79 Å². The number of benzene rings is 1. The number of amides is 1. The second kappa shape index (κ2) is 7.30. The molecule has 0 atom stereocenters. The van der Waals surface area contributed by atoms with Gasteiger partial charge < -0.3 is 9.80 Å². The van der Waals surface area contributed by atoms with Crippen molar-refractivity contribution in [3.05, 3.63) is 41.3 Å². The molecular weight excluding hydrogens is 388 g/mol. The number of rotatable bonds is 4. The molecule has 3 heterocycles. The van der Waals surface area contributed by atoms with Gasteiger partial charge in [0.15, 0.2) is 5.65 Å². The van der Waals surface area contributed by atoms with Gasteiger partial charge in [0.25, 0.3) is 0 Å². The van der Waals surface area contributed by atoms with Crippen molar-refractivity contribution in [1.29, 1.82) is 0 Å². The number of para-hydroxylation sites is 1. The minimum absolute atomic E-state index is 0.271. The second-order valence-electron chi connectivity index (χ2n) is 7.65. The van der Waals surface area contributed by atoms with Gasteiger partial charge in [-0.3, -0.25) is 4.79 Å². The van der Waals surface area contributed by atoms with E-state index in [0.717, 1.165) is 73.8 Å². The van der Waals surface area contributed by atoms with Gasteiger partial charge in [0.2, 0.25) is 5.91 Å². The summed E-state index contributed by atoms with van der Waals surface area (Å²) in [6.07, 6.45) is 4.64. The van der Waals surface area contributed by atoms with Gasteiger partial charge in [-0.25, -0.2) is 14.6 Å². The Morgan fingerprint density at radius 2 is 1.90 bits per heavy atom. The molecule has 7 nitrogen and oxygen atoms in total. The monoisotopic (exact) mass is 410 g/mol. The Kier molecular flexibility index (Phi) is 4.62. The normalized spacial score (nSPS) is 17.2. The van der Waals surface area contributed by atoms with Crippen molar-refractivity contribution in [3.8, 4) is 5.69 Å². The molecule has 0 radical (unpaired) electrons. The number of carbonyl (C=O) groups is 1. The number of fused-ring (bicyclic) bond motifs is 1. The van der Waals surface area contributed by atoms with Crippen LogP contribution in [0.25, 0.3) is 16.7 Å². The zero-order chi connectivity index (χ0) is 20.0. The Morgan fingerprint density at radius 3 is 2.59 bits per heavy atom. The SMILES string of the molecule is CCc1nc(N2CCN(C(=O)C3CC3)CC2)c2cnn(-c3ccccc3Cl)c2n1. The Hall–Kier alpha value is -2.67. The van der Waals surface area contributed by atoms with Crippen LogP contribution in [0.2, 0.25) is 5.02 Å². The van der Waals surface area contributed by atoms with Gasteiger partial charge in [-0.1, -0.05) is 30.7 Å². The van der Waals surface area contributed by atoms with Crippen LogP contribution in [-0.2, 0) is 11.2 Å². The number of aryl methyl sites for hydroxylation is 1. The lowest BCUT2D eigenvalue weighted by Gasteiger charge is -2.35. The van der Waals surface area contributed by atoms with Crippen LogP contribution in [0.5, 0.6) is 0 Å². The van der Waals surface area contributed by atoms with Gasteiger partial charge >= 0.3 is 0 Å². The number of anilines is 1.